The van der Waals surface area contributed by atoms with Crippen molar-refractivity contribution in [2.24, 2.45) is 0 Å². The van der Waals surface area contributed by atoms with Crippen LogP contribution in [0, 0.1) is 0 Å². The Bertz CT molecular complexity index is 451. The normalized spacial score (nSPS) is 11.8. The Morgan fingerprint density at radius 1 is 1.42 bits per heavy atom. The lowest BCUT2D eigenvalue weighted by atomic mass is 10.2. The van der Waals surface area contributed by atoms with Crippen molar-refractivity contribution in [1.29, 1.82) is 0 Å². The third-order valence-corrected chi connectivity index (χ3v) is 3.42. The highest BCUT2D eigenvalue weighted by Gasteiger charge is 2.11. The zero-order chi connectivity index (χ0) is 14.3. The van der Waals surface area contributed by atoms with Gasteiger partial charge in [0.1, 0.15) is 0 Å². The summed E-state index contributed by atoms with van der Waals surface area (Å²) < 4.78 is 0. The third-order valence-electron chi connectivity index (χ3n) is 2.42. The summed E-state index contributed by atoms with van der Waals surface area (Å²) in [5, 5.41) is 11.9. The maximum absolute atomic E-state index is 12.0. The van der Waals surface area contributed by atoms with Crippen molar-refractivity contribution in [3.63, 3.8) is 0 Å². The largest absolute Gasteiger partial charge is 0.392 e. The van der Waals surface area contributed by atoms with Crippen molar-refractivity contribution < 1.29 is 9.90 Å². The summed E-state index contributed by atoms with van der Waals surface area (Å²) in [7, 11) is 0. The predicted octanol–water partition coefficient (Wildman–Crippen LogP) is 2.86. The molecule has 0 saturated heterocycles. The van der Waals surface area contributed by atoms with E-state index in [1.54, 1.807) is 18.7 Å². The molecule has 104 valence electrons. The highest BCUT2D eigenvalue weighted by molar-refractivity contribution is 7.99. The molecule has 0 aliphatic rings. The van der Waals surface area contributed by atoms with Gasteiger partial charge >= 0.3 is 0 Å². The van der Waals surface area contributed by atoms with E-state index in [9.17, 15) is 9.90 Å². The van der Waals surface area contributed by atoms with Gasteiger partial charge in [-0.2, -0.15) is 0 Å². The summed E-state index contributed by atoms with van der Waals surface area (Å²) in [6.07, 6.45) is 1.60. The summed E-state index contributed by atoms with van der Waals surface area (Å²) in [5.41, 5.74) is 1.93. The van der Waals surface area contributed by atoms with E-state index in [0.717, 1.165) is 10.6 Å². The number of rotatable bonds is 6. The number of hydrogen-bond donors (Lipinski definition) is 2. The molecule has 0 heterocycles. The number of carbonyl (C=O) groups excluding carboxylic acids is 1. The van der Waals surface area contributed by atoms with Crippen molar-refractivity contribution in [1.82, 2.24) is 5.32 Å². The number of allylic oxidation sites excluding steroid dienone is 1. The van der Waals surface area contributed by atoms with E-state index in [-0.39, 0.29) is 12.5 Å². The van der Waals surface area contributed by atoms with Gasteiger partial charge in [0.2, 0.25) is 0 Å². The van der Waals surface area contributed by atoms with Crippen LogP contribution < -0.4 is 5.32 Å². The van der Waals surface area contributed by atoms with Gasteiger partial charge in [0.25, 0.3) is 5.91 Å². The molecule has 1 unspecified atom stereocenters. The molecule has 1 amide bonds. The minimum atomic E-state index is -0.533. The average molecular weight is 279 g/mol. The van der Waals surface area contributed by atoms with E-state index in [1.165, 1.54) is 5.57 Å². The van der Waals surface area contributed by atoms with E-state index < -0.39 is 6.10 Å². The summed E-state index contributed by atoms with van der Waals surface area (Å²) in [5.74, 6) is 0.712. The Labute approximate surface area is 119 Å². The smallest absolute Gasteiger partial charge is 0.252 e. The second kappa shape index (κ2) is 8.02. The third kappa shape index (κ3) is 5.94. The first-order valence-electron chi connectivity index (χ1n) is 6.32. The molecule has 3 nitrogen and oxygen atoms in total. The van der Waals surface area contributed by atoms with Crippen molar-refractivity contribution in [2.75, 3.05) is 12.3 Å². The van der Waals surface area contributed by atoms with E-state index in [1.807, 2.05) is 24.3 Å². The molecule has 1 aromatic carbocycles. The molecule has 0 saturated carbocycles. The van der Waals surface area contributed by atoms with Gasteiger partial charge in [-0.3, -0.25) is 4.79 Å². The van der Waals surface area contributed by atoms with E-state index in [0.29, 0.717) is 5.56 Å². The fraction of sp³-hybridized carbons (Fsp3) is 0.400. The molecular weight excluding hydrogens is 258 g/mol. The summed E-state index contributed by atoms with van der Waals surface area (Å²) in [6.45, 7) is 6.03. The zero-order valence-electron chi connectivity index (χ0n) is 11.6. The minimum Gasteiger partial charge on any atom is -0.392 e. The number of hydrogen-bond acceptors (Lipinski definition) is 3. The maximum atomic E-state index is 12.0. The Morgan fingerprint density at radius 3 is 2.74 bits per heavy atom. The van der Waals surface area contributed by atoms with Crippen molar-refractivity contribution >= 4 is 17.7 Å². The summed E-state index contributed by atoms with van der Waals surface area (Å²) in [4.78, 5) is 13.0. The molecular formula is C15H21NO2S. The van der Waals surface area contributed by atoms with Crippen LogP contribution in [0.15, 0.2) is 40.8 Å². The molecule has 1 rings (SSSR count). The number of amides is 1. The van der Waals surface area contributed by atoms with Crippen LogP contribution in [0.4, 0.5) is 0 Å². The van der Waals surface area contributed by atoms with Gasteiger partial charge < -0.3 is 10.4 Å². The number of nitrogens with one attached hydrogen (secondary N) is 1. The second-order valence-electron chi connectivity index (χ2n) is 4.65. The average Bonchev–Trinajstić information content (AvgIpc) is 2.36. The lowest BCUT2D eigenvalue weighted by Gasteiger charge is -2.10. The lowest BCUT2D eigenvalue weighted by Crippen LogP contribution is -2.30. The van der Waals surface area contributed by atoms with Crippen LogP contribution in [0.5, 0.6) is 0 Å². The van der Waals surface area contributed by atoms with Gasteiger partial charge in [-0.25, -0.2) is 0 Å². The first-order valence-corrected chi connectivity index (χ1v) is 7.30. The van der Waals surface area contributed by atoms with Crippen LogP contribution in [0.3, 0.4) is 0 Å². The van der Waals surface area contributed by atoms with Gasteiger partial charge in [-0.05, 0) is 32.9 Å². The second-order valence-corrected chi connectivity index (χ2v) is 5.71. The molecule has 2 N–H and O–H groups in total. The Balaban J connectivity index is 2.72. The molecule has 0 radical (unpaired) electrons. The molecule has 19 heavy (non-hydrogen) atoms. The predicted molar refractivity (Wildman–Crippen MR) is 80.6 cm³/mol. The Morgan fingerprint density at radius 2 is 2.11 bits per heavy atom. The molecule has 1 aromatic rings. The van der Waals surface area contributed by atoms with Crippen LogP contribution in [-0.4, -0.2) is 29.4 Å². The van der Waals surface area contributed by atoms with Gasteiger partial charge in [0.05, 0.1) is 11.7 Å². The topological polar surface area (TPSA) is 49.3 Å². The molecule has 1 atom stereocenters. The van der Waals surface area contributed by atoms with Crippen LogP contribution in [0.25, 0.3) is 0 Å². The number of carbonyl (C=O) groups is 1. The van der Waals surface area contributed by atoms with Crippen LogP contribution in [0.1, 0.15) is 31.1 Å². The molecule has 0 bridgehead atoms. The fourth-order valence-corrected chi connectivity index (χ4v) is 2.50. The van der Waals surface area contributed by atoms with Crippen molar-refractivity contribution in [3.8, 4) is 0 Å². The van der Waals surface area contributed by atoms with Crippen molar-refractivity contribution in [3.05, 3.63) is 41.5 Å². The van der Waals surface area contributed by atoms with E-state index in [4.69, 9.17) is 0 Å². The van der Waals surface area contributed by atoms with E-state index >= 15 is 0 Å². The number of benzene rings is 1. The summed E-state index contributed by atoms with van der Waals surface area (Å²) >= 11 is 1.64. The Kier molecular flexibility index (Phi) is 6.67. The highest BCUT2D eigenvalue weighted by atomic mass is 32.2. The van der Waals surface area contributed by atoms with Crippen molar-refractivity contribution in [2.45, 2.75) is 31.8 Å². The number of aliphatic hydroxyl groups is 1. The molecule has 0 aromatic heterocycles. The minimum absolute atomic E-state index is 0.138. The van der Waals surface area contributed by atoms with E-state index in [2.05, 4.69) is 25.2 Å². The lowest BCUT2D eigenvalue weighted by molar-refractivity contribution is 0.0921. The number of aliphatic hydroxyl groups excluding tert-OH is 1. The van der Waals surface area contributed by atoms with Gasteiger partial charge in [-0.1, -0.05) is 23.8 Å². The zero-order valence-corrected chi connectivity index (χ0v) is 12.5. The van der Waals surface area contributed by atoms with Gasteiger partial charge in [0.15, 0.2) is 0 Å². The molecule has 0 fully saturated rings. The summed E-state index contributed by atoms with van der Waals surface area (Å²) in [6, 6.07) is 7.53. The highest BCUT2D eigenvalue weighted by Crippen LogP contribution is 2.23. The van der Waals surface area contributed by atoms with Crippen LogP contribution >= 0.6 is 11.8 Å². The molecule has 0 spiro atoms. The Hall–Kier alpha value is -1.26. The first-order chi connectivity index (χ1) is 9.00. The van der Waals surface area contributed by atoms with Crippen LogP contribution in [-0.2, 0) is 0 Å². The monoisotopic (exact) mass is 279 g/mol. The van der Waals surface area contributed by atoms with Crippen LogP contribution in [0.2, 0.25) is 0 Å². The maximum Gasteiger partial charge on any atom is 0.252 e. The van der Waals surface area contributed by atoms with Gasteiger partial charge in [-0.15, -0.1) is 11.8 Å². The molecule has 0 aliphatic carbocycles. The molecule has 0 aliphatic heterocycles. The molecule has 4 heteroatoms. The number of thioether (sulfide) groups is 1. The quantitative estimate of drug-likeness (QED) is 0.622. The van der Waals surface area contributed by atoms with Gasteiger partial charge in [0, 0.05) is 17.2 Å². The SMILES string of the molecule is CC(C)=CCSc1ccccc1C(=O)NCC(C)O. The first kappa shape index (κ1) is 15.8. The standard InChI is InChI=1S/C15H21NO2S/c1-11(2)8-9-19-14-7-5-4-6-13(14)15(18)16-10-12(3)17/h4-8,12,17H,9-10H2,1-3H3,(H,16,18). The fourth-order valence-electron chi connectivity index (χ4n) is 1.41.